The molecule has 3 aromatic rings. The number of nitrogens with one attached hydrogen (secondary N) is 1. The molecule has 1 aromatic heterocycles. The minimum absolute atomic E-state index is 0.258. The third-order valence-corrected chi connectivity index (χ3v) is 4.49. The highest BCUT2D eigenvalue weighted by Gasteiger charge is 2.28. The summed E-state index contributed by atoms with van der Waals surface area (Å²) in [5.41, 5.74) is 2.33. The molecule has 1 aliphatic rings. The first-order chi connectivity index (χ1) is 13.1. The van der Waals surface area contributed by atoms with Crippen molar-refractivity contribution in [3.8, 4) is 0 Å². The SMILES string of the molecule is O=C(NCc1ccco1)c1ccc2c(c1)C[C@H](c1ccc(F)cc1)OC2=O. The second kappa shape index (κ2) is 7.07. The molecule has 27 heavy (non-hydrogen) atoms. The molecule has 136 valence electrons. The largest absolute Gasteiger partial charge is 0.467 e. The van der Waals surface area contributed by atoms with Crippen LogP contribution in [0, 0.1) is 5.82 Å². The van der Waals surface area contributed by atoms with Crippen LogP contribution in [0.15, 0.2) is 65.3 Å². The van der Waals surface area contributed by atoms with Gasteiger partial charge in [-0.25, -0.2) is 9.18 Å². The van der Waals surface area contributed by atoms with E-state index in [0.717, 1.165) is 5.56 Å². The van der Waals surface area contributed by atoms with Gasteiger partial charge in [-0.05, 0) is 53.6 Å². The van der Waals surface area contributed by atoms with Gasteiger partial charge in [0.2, 0.25) is 0 Å². The van der Waals surface area contributed by atoms with Crippen LogP contribution in [0.2, 0.25) is 0 Å². The predicted octanol–water partition coefficient (Wildman–Crippen LogP) is 3.80. The van der Waals surface area contributed by atoms with Gasteiger partial charge < -0.3 is 14.5 Å². The molecule has 4 rings (SSSR count). The fourth-order valence-electron chi connectivity index (χ4n) is 3.08. The van der Waals surface area contributed by atoms with Gasteiger partial charge in [-0.15, -0.1) is 0 Å². The Bertz CT molecular complexity index is 980. The number of hydrogen-bond donors (Lipinski definition) is 1. The molecule has 2 heterocycles. The van der Waals surface area contributed by atoms with E-state index in [4.69, 9.17) is 9.15 Å². The number of hydrogen-bond acceptors (Lipinski definition) is 4. The van der Waals surface area contributed by atoms with E-state index in [1.165, 1.54) is 12.1 Å². The molecule has 1 atom stereocenters. The van der Waals surface area contributed by atoms with Crippen molar-refractivity contribution in [3.05, 3.63) is 94.7 Å². The van der Waals surface area contributed by atoms with Crippen molar-refractivity contribution >= 4 is 11.9 Å². The van der Waals surface area contributed by atoms with Gasteiger partial charge >= 0.3 is 5.97 Å². The number of carbonyl (C=O) groups excluding carboxylic acids is 2. The number of furan rings is 1. The van der Waals surface area contributed by atoms with Gasteiger partial charge in [0, 0.05) is 12.0 Å². The zero-order chi connectivity index (χ0) is 18.8. The maximum atomic E-state index is 13.1. The van der Waals surface area contributed by atoms with Crippen LogP contribution in [0.5, 0.6) is 0 Å². The van der Waals surface area contributed by atoms with E-state index in [1.54, 1.807) is 48.7 Å². The summed E-state index contributed by atoms with van der Waals surface area (Å²) in [4.78, 5) is 24.7. The fraction of sp³-hybridized carbons (Fsp3) is 0.143. The van der Waals surface area contributed by atoms with Crippen LogP contribution in [0.25, 0.3) is 0 Å². The molecule has 1 aliphatic heterocycles. The molecule has 5 nitrogen and oxygen atoms in total. The van der Waals surface area contributed by atoms with Crippen LogP contribution in [0.3, 0.4) is 0 Å². The first kappa shape index (κ1) is 17.0. The first-order valence-corrected chi connectivity index (χ1v) is 8.50. The van der Waals surface area contributed by atoms with Gasteiger partial charge in [0.1, 0.15) is 17.7 Å². The lowest BCUT2D eigenvalue weighted by molar-refractivity contribution is 0.0252. The van der Waals surface area contributed by atoms with Gasteiger partial charge in [-0.1, -0.05) is 12.1 Å². The monoisotopic (exact) mass is 365 g/mol. The first-order valence-electron chi connectivity index (χ1n) is 8.50. The zero-order valence-corrected chi connectivity index (χ0v) is 14.3. The molecule has 0 unspecified atom stereocenters. The van der Waals surface area contributed by atoms with Crippen LogP contribution in [0.1, 0.15) is 43.7 Å². The molecule has 0 fully saturated rings. The number of rotatable bonds is 4. The minimum atomic E-state index is -0.507. The number of fused-ring (bicyclic) bond motifs is 1. The van der Waals surface area contributed by atoms with Gasteiger partial charge in [0.25, 0.3) is 5.91 Å². The number of ether oxygens (including phenoxy) is 1. The van der Waals surface area contributed by atoms with E-state index in [1.807, 2.05) is 0 Å². The normalized spacial score (nSPS) is 15.7. The lowest BCUT2D eigenvalue weighted by atomic mass is 9.93. The molecule has 0 aliphatic carbocycles. The standard InChI is InChI=1S/C21H16FNO4/c22-16-6-3-13(4-7-16)19-11-15-10-14(5-8-18(15)21(25)27-19)20(24)23-12-17-2-1-9-26-17/h1-10,19H,11-12H2,(H,23,24)/t19-/m1/s1. The molecule has 2 aromatic carbocycles. The Kier molecular flexibility index (Phi) is 4.46. The third kappa shape index (κ3) is 3.60. The Morgan fingerprint density at radius 1 is 1.15 bits per heavy atom. The third-order valence-electron chi connectivity index (χ3n) is 4.49. The van der Waals surface area contributed by atoms with E-state index in [-0.39, 0.29) is 18.3 Å². The summed E-state index contributed by atoms with van der Waals surface area (Å²) in [5.74, 6) is -0.405. The number of esters is 1. The second-order valence-corrected chi connectivity index (χ2v) is 6.28. The highest BCUT2D eigenvalue weighted by atomic mass is 19.1. The zero-order valence-electron chi connectivity index (χ0n) is 14.3. The van der Waals surface area contributed by atoms with Crippen LogP contribution >= 0.6 is 0 Å². The molecule has 0 saturated heterocycles. The van der Waals surface area contributed by atoms with Crippen LogP contribution in [-0.2, 0) is 17.7 Å². The Balaban J connectivity index is 1.53. The maximum absolute atomic E-state index is 13.1. The quantitative estimate of drug-likeness (QED) is 0.714. The number of halogens is 1. The Labute approximate surface area is 154 Å². The molecule has 6 heteroatoms. The van der Waals surface area contributed by atoms with Crippen molar-refractivity contribution in [3.63, 3.8) is 0 Å². The van der Waals surface area contributed by atoms with Crippen LogP contribution in [-0.4, -0.2) is 11.9 Å². The average molecular weight is 365 g/mol. The summed E-state index contributed by atoms with van der Waals surface area (Å²) in [7, 11) is 0. The van der Waals surface area contributed by atoms with E-state index in [2.05, 4.69) is 5.32 Å². The average Bonchev–Trinajstić information content (AvgIpc) is 3.20. The van der Waals surface area contributed by atoms with Gasteiger partial charge in [0.15, 0.2) is 0 Å². The summed E-state index contributed by atoms with van der Waals surface area (Å²) in [6.45, 7) is 0.281. The number of carbonyl (C=O) groups is 2. The summed E-state index contributed by atoms with van der Waals surface area (Å²) >= 11 is 0. The molecule has 1 N–H and O–H groups in total. The lowest BCUT2D eigenvalue weighted by Gasteiger charge is -2.25. The maximum Gasteiger partial charge on any atom is 0.339 e. The number of cyclic esters (lactones) is 1. The molecule has 0 radical (unpaired) electrons. The van der Waals surface area contributed by atoms with Crippen molar-refractivity contribution in [1.29, 1.82) is 0 Å². The van der Waals surface area contributed by atoms with E-state index in [0.29, 0.717) is 28.9 Å². The Morgan fingerprint density at radius 2 is 1.96 bits per heavy atom. The minimum Gasteiger partial charge on any atom is -0.467 e. The highest BCUT2D eigenvalue weighted by molar-refractivity contribution is 5.97. The van der Waals surface area contributed by atoms with Crippen LogP contribution < -0.4 is 5.32 Å². The topological polar surface area (TPSA) is 68.5 Å². The van der Waals surface area contributed by atoms with Gasteiger partial charge in [-0.2, -0.15) is 0 Å². The molecule has 0 saturated carbocycles. The molecular formula is C21H16FNO4. The predicted molar refractivity (Wildman–Crippen MR) is 94.6 cm³/mol. The van der Waals surface area contributed by atoms with Crippen molar-refractivity contribution in [2.75, 3.05) is 0 Å². The van der Waals surface area contributed by atoms with Gasteiger partial charge in [-0.3, -0.25) is 4.79 Å². The number of amides is 1. The summed E-state index contributed by atoms with van der Waals surface area (Å²) in [6.07, 6.45) is 1.46. The lowest BCUT2D eigenvalue weighted by Crippen LogP contribution is -2.25. The molecule has 0 spiro atoms. The van der Waals surface area contributed by atoms with Crippen molar-refractivity contribution in [2.24, 2.45) is 0 Å². The summed E-state index contributed by atoms with van der Waals surface area (Å²) in [6, 6.07) is 14.3. The Hall–Kier alpha value is -3.41. The summed E-state index contributed by atoms with van der Waals surface area (Å²) < 4.78 is 23.8. The van der Waals surface area contributed by atoms with Crippen molar-refractivity contribution < 1.29 is 23.1 Å². The fourth-order valence-corrected chi connectivity index (χ4v) is 3.08. The van der Waals surface area contributed by atoms with Gasteiger partial charge in [0.05, 0.1) is 18.4 Å². The highest BCUT2D eigenvalue weighted by Crippen LogP contribution is 2.31. The summed E-state index contributed by atoms with van der Waals surface area (Å²) in [5, 5.41) is 2.78. The number of benzene rings is 2. The van der Waals surface area contributed by atoms with Crippen LogP contribution in [0.4, 0.5) is 4.39 Å². The van der Waals surface area contributed by atoms with Crippen molar-refractivity contribution in [1.82, 2.24) is 5.32 Å². The Morgan fingerprint density at radius 3 is 2.70 bits per heavy atom. The second-order valence-electron chi connectivity index (χ2n) is 6.28. The van der Waals surface area contributed by atoms with E-state index in [9.17, 15) is 14.0 Å². The smallest absolute Gasteiger partial charge is 0.339 e. The molecule has 0 bridgehead atoms. The molecular weight excluding hydrogens is 349 g/mol. The molecule has 1 amide bonds. The van der Waals surface area contributed by atoms with E-state index >= 15 is 0 Å². The van der Waals surface area contributed by atoms with Crippen molar-refractivity contribution in [2.45, 2.75) is 19.1 Å². The van der Waals surface area contributed by atoms with E-state index < -0.39 is 12.1 Å².